The number of halogens is 1. The molecule has 0 saturated carbocycles. The molecule has 0 atom stereocenters. The van der Waals surface area contributed by atoms with E-state index in [9.17, 15) is 4.79 Å². The highest BCUT2D eigenvalue weighted by molar-refractivity contribution is 9.09. The van der Waals surface area contributed by atoms with E-state index < -0.39 is 0 Å². The molecular formula is C12H11BrN2O. The lowest BCUT2D eigenvalue weighted by atomic mass is 10.1. The lowest BCUT2D eigenvalue weighted by Gasteiger charge is -2.07. The SMILES string of the molecule is O=C(CCBr)Nc1cccc2cnccc12. The Hall–Kier alpha value is -1.42. The highest BCUT2D eigenvalue weighted by atomic mass is 79.9. The van der Waals surface area contributed by atoms with Gasteiger partial charge in [-0.05, 0) is 12.1 Å². The van der Waals surface area contributed by atoms with Gasteiger partial charge < -0.3 is 5.32 Å². The van der Waals surface area contributed by atoms with Crippen molar-refractivity contribution in [3.8, 4) is 0 Å². The number of pyridine rings is 1. The molecule has 1 aromatic heterocycles. The summed E-state index contributed by atoms with van der Waals surface area (Å²) >= 11 is 3.24. The summed E-state index contributed by atoms with van der Waals surface area (Å²) in [7, 11) is 0. The molecule has 1 N–H and O–H groups in total. The summed E-state index contributed by atoms with van der Waals surface area (Å²) in [5.41, 5.74) is 0.839. The number of nitrogens with one attached hydrogen (secondary N) is 1. The number of alkyl halides is 1. The summed E-state index contributed by atoms with van der Waals surface area (Å²) < 4.78 is 0. The van der Waals surface area contributed by atoms with Crippen LogP contribution in [0, 0.1) is 0 Å². The molecule has 0 spiro atoms. The Kier molecular flexibility index (Phi) is 3.51. The molecule has 0 radical (unpaired) electrons. The van der Waals surface area contributed by atoms with E-state index >= 15 is 0 Å². The van der Waals surface area contributed by atoms with Crippen molar-refractivity contribution >= 4 is 38.3 Å². The number of carbonyl (C=O) groups excluding carboxylic acids is 1. The molecule has 16 heavy (non-hydrogen) atoms. The van der Waals surface area contributed by atoms with Crippen LogP contribution >= 0.6 is 15.9 Å². The van der Waals surface area contributed by atoms with Crippen molar-refractivity contribution in [2.24, 2.45) is 0 Å². The first-order chi connectivity index (χ1) is 7.81. The third-order valence-electron chi connectivity index (χ3n) is 2.28. The second kappa shape index (κ2) is 5.07. The standard InChI is InChI=1S/C12H11BrN2O/c13-6-4-12(16)15-11-3-1-2-9-8-14-7-5-10(9)11/h1-3,5,7-8H,4,6H2,(H,15,16). The van der Waals surface area contributed by atoms with Crippen molar-refractivity contribution in [2.45, 2.75) is 6.42 Å². The van der Waals surface area contributed by atoms with Gasteiger partial charge in [0.05, 0.1) is 0 Å². The first kappa shape index (κ1) is 11.1. The summed E-state index contributed by atoms with van der Waals surface area (Å²) in [6.07, 6.45) is 3.99. The predicted molar refractivity (Wildman–Crippen MR) is 68.8 cm³/mol. The van der Waals surface area contributed by atoms with Gasteiger partial charge in [0.25, 0.3) is 0 Å². The van der Waals surface area contributed by atoms with Gasteiger partial charge in [-0.25, -0.2) is 0 Å². The molecule has 0 bridgehead atoms. The second-order valence-corrected chi connectivity index (χ2v) is 4.18. The molecule has 1 heterocycles. The Labute approximate surface area is 102 Å². The summed E-state index contributed by atoms with van der Waals surface area (Å²) in [4.78, 5) is 15.5. The smallest absolute Gasteiger partial charge is 0.225 e. The minimum absolute atomic E-state index is 0.0150. The molecule has 2 aromatic rings. The number of rotatable bonds is 3. The Bertz CT molecular complexity index is 508. The molecule has 3 nitrogen and oxygen atoms in total. The van der Waals surface area contributed by atoms with Crippen LogP contribution in [-0.4, -0.2) is 16.2 Å². The van der Waals surface area contributed by atoms with Crippen LogP contribution in [0.4, 0.5) is 5.69 Å². The monoisotopic (exact) mass is 278 g/mol. The van der Waals surface area contributed by atoms with E-state index in [2.05, 4.69) is 26.2 Å². The Morgan fingerprint density at radius 1 is 1.38 bits per heavy atom. The molecule has 1 aromatic carbocycles. The topological polar surface area (TPSA) is 42.0 Å². The molecule has 0 saturated heterocycles. The Morgan fingerprint density at radius 3 is 3.06 bits per heavy atom. The number of amides is 1. The van der Waals surface area contributed by atoms with E-state index in [1.54, 1.807) is 12.4 Å². The summed E-state index contributed by atoms with van der Waals surface area (Å²) in [5, 5.41) is 5.60. The van der Waals surface area contributed by atoms with Gasteiger partial charge in [-0.2, -0.15) is 0 Å². The zero-order chi connectivity index (χ0) is 11.4. The second-order valence-electron chi connectivity index (χ2n) is 3.39. The van der Waals surface area contributed by atoms with Crippen molar-refractivity contribution in [1.29, 1.82) is 0 Å². The Balaban J connectivity index is 2.33. The maximum absolute atomic E-state index is 11.5. The lowest BCUT2D eigenvalue weighted by Crippen LogP contribution is -2.11. The van der Waals surface area contributed by atoms with E-state index in [0.29, 0.717) is 11.8 Å². The highest BCUT2D eigenvalue weighted by Crippen LogP contribution is 2.22. The number of nitrogens with zero attached hydrogens (tertiary/aromatic N) is 1. The summed E-state index contributed by atoms with van der Waals surface area (Å²) in [6, 6.07) is 7.68. The van der Waals surface area contributed by atoms with Gasteiger partial charge >= 0.3 is 0 Å². The number of fused-ring (bicyclic) bond motifs is 1. The maximum atomic E-state index is 11.5. The molecule has 0 fully saturated rings. The van der Waals surface area contributed by atoms with Crippen LogP contribution in [0.2, 0.25) is 0 Å². The molecule has 1 amide bonds. The van der Waals surface area contributed by atoms with Crippen molar-refractivity contribution in [2.75, 3.05) is 10.6 Å². The summed E-state index contributed by atoms with van der Waals surface area (Å²) in [5.74, 6) is 0.0150. The molecule has 4 heteroatoms. The van der Waals surface area contributed by atoms with Crippen LogP contribution in [0.1, 0.15) is 6.42 Å². The largest absolute Gasteiger partial charge is 0.325 e. The number of hydrogen-bond donors (Lipinski definition) is 1. The van der Waals surface area contributed by atoms with Gasteiger partial charge in [-0.3, -0.25) is 9.78 Å². The van der Waals surface area contributed by atoms with Gasteiger partial charge in [-0.1, -0.05) is 28.1 Å². The number of benzene rings is 1. The first-order valence-corrected chi connectivity index (χ1v) is 6.12. The minimum atomic E-state index is 0.0150. The van der Waals surface area contributed by atoms with E-state index in [-0.39, 0.29) is 5.91 Å². The van der Waals surface area contributed by atoms with Crippen molar-refractivity contribution in [3.05, 3.63) is 36.7 Å². The third kappa shape index (κ3) is 2.39. The quantitative estimate of drug-likeness (QED) is 0.878. The van der Waals surface area contributed by atoms with E-state index in [0.717, 1.165) is 16.5 Å². The van der Waals surface area contributed by atoms with Crippen LogP contribution in [0.5, 0.6) is 0 Å². The van der Waals surface area contributed by atoms with Crippen LogP contribution in [0.15, 0.2) is 36.7 Å². The number of anilines is 1. The van der Waals surface area contributed by atoms with Crippen LogP contribution in [0.3, 0.4) is 0 Å². The zero-order valence-electron chi connectivity index (χ0n) is 8.61. The average molecular weight is 279 g/mol. The van der Waals surface area contributed by atoms with Gasteiger partial charge in [-0.15, -0.1) is 0 Å². The molecular weight excluding hydrogens is 268 g/mol. The van der Waals surface area contributed by atoms with Crippen molar-refractivity contribution in [1.82, 2.24) is 4.98 Å². The van der Waals surface area contributed by atoms with Crippen LogP contribution in [-0.2, 0) is 4.79 Å². The number of aromatic nitrogens is 1. The van der Waals surface area contributed by atoms with E-state index in [4.69, 9.17) is 0 Å². The molecule has 0 aliphatic heterocycles. The number of hydrogen-bond acceptors (Lipinski definition) is 2. The summed E-state index contributed by atoms with van der Waals surface area (Å²) in [6.45, 7) is 0. The Morgan fingerprint density at radius 2 is 2.25 bits per heavy atom. The van der Waals surface area contributed by atoms with Crippen LogP contribution in [0.25, 0.3) is 10.8 Å². The fourth-order valence-electron chi connectivity index (χ4n) is 1.53. The van der Waals surface area contributed by atoms with Gasteiger partial charge in [0.15, 0.2) is 0 Å². The molecule has 0 aliphatic rings. The fraction of sp³-hybridized carbons (Fsp3) is 0.167. The molecule has 0 aliphatic carbocycles. The molecule has 0 unspecified atom stereocenters. The molecule has 82 valence electrons. The predicted octanol–water partition coefficient (Wildman–Crippen LogP) is 2.96. The third-order valence-corrected chi connectivity index (χ3v) is 2.67. The van der Waals surface area contributed by atoms with Gasteiger partial charge in [0.1, 0.15) is 0 Å². The fourth-order valence-corrected chi connectivity index (χ4v) is 1.89. The van der Waals surface area contributed by atoms with Crippen molar-refractivity contribution in [3.63, 3.8) is 0 Å². The van der Waals surface area contributed by atoms with Gasteiger partial charge in [0, 0.05) is 40.6 Å². The first-order valence-electron chi connectivity index (χ1n) is 5.00. The van der Waals surface area contributed by atoms with Crippen molar-refractivity contribution < 1.29 is 4.79 Å². The zero-order valence-corrected chi connectivity index (χ0v) is 10.2. The maximum Gasteiger partial charge on any atom is 0.225 e. The number of carbonyl (C=O) groups is 1. The normalized spacial score (nSPS) is 10.3. The minimum Gasteiger partial charge on any atom is -0.325 e. The lowest BCUT2D eigenvalue weighted by molar-refractivity contribution is -0.115. The van der Waals surface area contributed by atoms with Crippen LogP contribution < -0.4 is 5.32 Å². The average Bonchev–Trinajstić information content (AvgIpc) is 2.30. The van der Waals surface area contributed by atoms with Gasteiger partial charge in [0.2, 0.25) is 5.91 Å². The molecule has 2 rings (SSSR count). The highest BCUT2D eigenvalue weighted by Gasteiger charge is 2.04. The van der Waals surface area contributed by atoms with E-state index in [1.165, 1.54) is 0 Å². The van der Waals surface area contributed by atoms with E-state index in [1.807, 2.05) is 24.3 Å².